The molecule has 3 heterocycles. The first-order valence-electron chi connectivity index (χ1n) is 12.1. The summed E-state index contributed by atoms with van der Waals surface area (Å²) in [4.78, 5) is 24.1. The van der Waals surface area contributed by atoms with Gasteiger partial charge in [0.05, 0.1) is 24.8 Å². The van der Waals surface area contributed by atoms with Crippen LogP contribution in [-0.4, -0.2) is 48.5 Å². The number of aromatic nitrogens is 1. The maximum atomic E-state index is 13.7. The fourth-order valence-corrected chi connectivity index (χ4v) is 5.51. The van der Waals surface area contributed by atoms with Crippen LogP contribution in [0.4, 0.5) is 5.69 Å². The predicted octanol–water partition coefficient (Wildman–Crippen LogP) is 5.76. The van der Waals surface area contributed by atoms with Gasteiger partial charge in [0.2, 0.25) is 6.79 Å². The summed E-state index contributed by atoms with van der Waals surface area (Å²) in [6.45, 7) is 0.644. The SMILES string of the molecule is COc1ccc(N=C2S/C(=C/c3cc4c(cc3OC)OCO4)C(=O)N2CCc2c[nH]c3ccccc23)cc1. The van der Waals surface area contributed by atoms with Gasteiger partial charge >= 0.3 is 0 Å². The number of nitrogens with zero attached hydrogens (tertiary/aromatic N) is 2. The van der Waals surface area contributed by atoms with E-state index >= 15 is 0 Å². The molecule has 0 spiro atoms. The van der Waals surface area contributed by atoms with Crippen LogP contribution in [0.15, 0.2) is 76.8 Å². The minimum atomic E-state index is -0.109. The number of aliphatic imine (C=N–C) groups is 1. The Morgan fingerprint density at radius 2 is 1.84 bits per heavy atom. The molecule has 1 fully saturated rings. The molecule has 0 saturated carbocycles. The van der Waals surface area contributed by atoms with E-state index in [0.717, 1.165) is 33.5 Å². The van der Waals surface area contributed by atoms with Gasteiger partial charge < -0.3 is 23.9 Å². The van der Waals surface area contributed by atoms with Crippen molar-refractivity contribution in [3.63, 3.8) is 0 Å². The Bertz CT molecular complexity index is 1580. The molecule has 9 heteroatoms. The topological polar surface area (TPSA) is 85.4 Å². The van der Waals surface area contributed by atoms with Crippen molar-refractivity contribution in [3.05, 3.63) is 82.9 Å². The number of hydrogen-bond acceptors (Lipinski definition) is 7. The van der Waals surface area contributed by atoms with Crippen LogP contribution in [0.25, 0.3) is 17.0 Å². The van der Waals surface area contributed by atoms with Crippen molar-refractivity contribution in [2.24, 2.45) is 4.99 Å². The number of para-hydroxylation sites is 1. The van der Waals surface area contributed by atoms with Gasteiger partial charge in [-0.2, -0.15) is 0 Å². The molecule has 0 radical (unpaired) electrons. The fraction of sp³-hybridized carbons (Fsp3) is 0.172. The lowest BCUT2D eigenvalue weighted by Crippen LogP contribution is -2.31. The summed E-state index contributed by atoms with van der Waals surface area (Å²) in [6.07, 6.45) is 4.51. The van der Waals surface area contributed by atoms with E-state index in [4.69, 9.17) is 23.9 Å². The van der Waals surface area contributed by atoms with Gasteiger partial charge in [0.25, 0.3) is 5.91 Å². The number of benzene rings is 3. The monoisotopic (exact) mass is 527 g/mol. The molecule has 4 aromatic rings. The Labute approximate surface area is 223 Å². The molecule has 0 aliphatic carbocycles. The summed E-state index contributed by atoms with van der Waals surface area (Å²) in [5, 5.41) is 1.77. The van der Waals surface area contributed by atoms with E-state index in [0.29, 0.717) is 40.3 Å². The van der Waals surface area contributed by atoms with Crippen LogP contribution in [0.3, 0.4) is 0 Å². The number of hydrogen-bond donors (Lipinski definition) is 1. The number of amides is 1. The molecule has 38 heavy (non-hydrogen) atoms. The second-order valence-electron chi connectivity index (χ2n) is 8.72. The molecular weight excluding hydrogens is 502 g/mol. The first-order valence-corrected chi connectivity index (χ1v) is 12.9. The van der Waals surface area contributed by atoms with Gasteiger partial charge in [-0.3, -0.25) is 9.69 Å². The molecule has 0 bridgehead atoms. The van der Waals surface area contributed by atoms with Crippen LogP contribution in [0.1, 0.15) is 11.1 Å². The van der Waals surface area contributed by atoms with Crippen LogP contribution in [0, 0.1) is 0 Å². The molecule has 1 N–H and O–H groups in total. The van der Waals surface area contributed by atoms with Gasteiger partial charge in [0, 0.05) is 35.3 Å². The standard InChI is InChI=1S/C29H25N3O5S/c1-34-21-9-7-20(8-10-21)31-29-32(12-11-18-16-30-23-6-4-3-5-22(18)23)28(33)27(38-29)14-19-13-25-26(37-17-36-25)15-24(19)35-2/h3-10,13-16,30H,11-12,17H2,1-2H3/b27-14+,31-29?. The zero-order valence-corrected chi connectivity index (χ0v) is 21.7. The van der Waals surface area contributed by atoms with E-state index in [9.17, 15) is 4.79 Å². The normalized spacial score (nSPS) is 16.7. The minimum absolute atomic E-state index is 0.109. The third kappa shape index (κ3) is 4.56. The summed E-state index contributed by atoms with van der Waals surface area (Å²) < 4.78 is 21.8. The maximum absolute atomic E-state index is 13.7. The average molecular weight is 528 g/mol. The smallest absolute Gasteiger partial charge is 0.266 e. The number of methoxy groups -OCH3 is 2. The Morgan fingerprint density at radius 3 is 2.63 bits per heavy atom. The molecule has 3 aromatic carbocycles. The largest absolute Gasteiger partial charge is 0.497 e. The molecule has 1 saturated heterocycles. The molecule has 0 atom stereocenters. The van der Waals surface area contributed by atoms with Crippen LogP contribution < -0.4 is 18.9 Å². The van der Waals surface area contributed by atoms with Gasteiger partial charge in [-0.15, -0.1) is 0 Å². The number of ether oxygens (including phenoxy) is 4. The third-order valence-electron chi connectivity index (χ3n) is 6.48. The van der Waals surface area contributed by atoms with Crippen molar-refractivity contribution in [1.82, 2.24) is 9.88 Å². The Hall–Kier alpha value is -4.37. The highest BCUT2D eigenvalue weighted by molar-refractivity contribution is 8.18. The number of H-pyrrole nitrogens is 1. The van der Waals surface area contributed by atoms with Gasteiger partial charge in [0.1, 0.15) is 11.5 Å². The number of carbonyl (C=O) groups excluding carboxylic acids is 1. The van der Waals surface area contributed by atoms with E-state index in [1.165, 1.54) is 11.8 Å². The number of fused-ring (bicyclic) bond motifs is 2. The molecule has 8 nitrogen and oxygen atoms in total. The minimum Gasteiger partial charge on any atom is -0.497 e. The zero-order valence-electron chi connectivity index (χ0n) is 20.9. The van der Waals surface area contributed by atoms with Crippen molar-refractivity contribution in [1.29, 1.82) is 0 Å². The van der Waals surface area contributed by atoms with Crippen molar-refractivity contribution in [2.75, 3.05) is 27.6 Å². The van der Waals surface area contributed by atoms with Crippen LogP contribution in [0.2, 0.25) is 0 Å². The van der Waals surface area contributed by atoms with E-state index in [1.807, 2.05) is 60.8 Å². The second kappa shape index (κ2) is 10.2. The molecule has 6 rings (SSSR count). The van der Waals surface area contributed by atoms with E-state index in [-0.39, 0.29) is 12.7 Å². The lowest BCUT2D eigenvalue weighted by Gasteiger charge is -2.15. The van der Waals surface area contributed by atoms with E-state index < -0.39 is 0 Å². The van der Waals surface area contributed by atoms with Crippen LogP contribution >= 0.6 is 11.8 Å². The highest BCUT2D eigenvalue weighted by atomic mass is 32.2. The third-order valence-corrected chi connectivity index (χ3v) is 7.48. The molecule has 1 aromatic heterocycles. The summed E-state index contributed by atoms with van der Waals surface area (Å²) in [5.41, 5.74) is 3.69. The van der Waals surface area contributed by atoms with Crippen molar-refractivity contribution in [3.8, 4) is 23.0 Å². The lowest BCUT2D eigenvalue weighted by molar-refractivity contribution is -0.122. The molecule has 2 aliphatic heterocycles. The number of thioether (sulfide) groups is 1. The van der Waals surface area contributed by atoms with Crippen molar-refractivity contribution >= 4 is 45.5 Å². The summed E-state index contributed by atoms with van der Waals surface area (Å²) >= 11 is 1.34. The Kier molecular flexibility index (Phi) is 6.43. The van der Waals surface area contributed by atoms with Gasteiger partial charge in [0.15, 0.2) is 16.7 Å². The van der Waals surface area contributed by atoms with E-state index in [2.05, 4.69) is 11.1 Å². The second-order valence-corrected chi connectivity index (χ2v) is 9.73. The molecule has 0 unspecified atom stereocenters. The molecule has 2 aliphatic rings. The zero-order chi connectivity index (χ0) is 26.1. The average Bonchev–Trinajstić information content (AvgIpc) is 3.65. The number of aromatic amines is 1. The van der Waals surface area contributed by atoms with Crippen molar-refractivity contribution < 1.29 is 23.7 Å². The number of carbonyl (C=O) groups is 1. The number of nitrogens with one attached hydrogen (secondary N) is 1. The molecule has 1 amide bonds. The molecule has 192 valence electrons. The van der Waals surface area contributed by atoms with Gasteiger partial charge in [-0.05, 0) is 66.2 Å². The highest BCUT2D eigenvalue weighted by Gasteiger charge is 2.34. The molecular formula is C29H25N3O5S. The van der Waals surface area contributed by atoms with Crippen LogP contribution in [-0.2, 0) is 11.2 Å². The van der Waals surface area contributed by atoms with Gasteiger partial charge in [-0.25, -0.2) is 4.99 Å². The maximum Gasteiger partial charge on any atom is 0.266 e. The number of amidine groups is 1. The Morgan fingerprint density at radius 1 is 1.05 bits per heavy atom. The first kappa shape index (κ1) is 24.0. The predicted molar refractivity (Wildman–Crippen MR) is 148 cm³/mol. The van der Waals surface area contributed by atoms with Crippen molar-refractivity contribution in [2.45, 2.75) is 6.42 Å². The van der Waals surface area contributed by atoms with Crippen LogP contribution in [0.5, 0.6) is 23.0 Å². The fourth-order valence-electron chi connectivity index (χ4n) is 4.50. The first-order chi connectivity index (χ1) is 18.6. The summed E-state index contributed by atoms with van der Waals surface area (Å²) in [7, 11) is 3.22. The van der Waals surface area contributed by atoms with E-state index in [1.54, 1.807) is 25.2 Å². The summed E-state index contributed by atoms with van der Waals surface area (Å²) in [5.74, 6) is 2.48. The highest BCUT2D eigenvalue weighted by Crippen LogP contribution is 2.41. The Balaban J connectivity index is 1.34. The number of rotatable bonds is 7. The summed E-state index contributed by atoms with van der Waals surface area (Å²) in [6, 6.07) is 19.2. The lowest BCUT2D eigenvalue weighted by atomic mass is 10.1. The van der Waals surface area contributed by atoms with Gasteiger partial charge in [-0.1, -0.05) is 18.2 Å². The quantitative estimate of drug-likeness (QED) is 0.308.